The van der Waals surface area contributed by atoms with Gasteiger partial charge >= 0.3 is 0 Å². The van der Waals surface area contributed by atoms with Crippen LogP contribution >= 0.6 is 0 Å². The summed E-state index contributed by atoms with van der Waals surface area (Å²) in [6.07, 6.45) is -12.3. The summed E-state index contributed by atoms with van der Waals surface area (Å²) in [6, 6.07) is -7.26. The fourth-order valence-corrected chi connectivity index (χ4v) is 8.02. The Bertz CT molecular complexity index is 3080. The fourth-order valence-electron chi connectivity index (χ4n) is 8.02. The summed E-state index contributed by atoms with van der Waals surface area (Å²) in [5.74, 6) is -13.6. The predicted molar refractivity (Wildman–Crippen MR) is 367 cm³/mol. The first-order chi connectivity index (χ1) is 51.5. The Morgan fingerprint density at radius 1 is 0.283 bits per heavy atom. The number of rotatable bonds is 56. The average molecular weight is 1520 g/mol. The minimum atomic E-state index is -1.86. The van der Waals surface area contributed by atoms with Gasteiger partial charge in [0.05, 0.1) is 102 Å². The molecule has 0 aromatic heterocycles. The zero-order chi connectivity index (χ0) is 87.8. The molecular weight excluding hydrogens is 1410 g/mol. The lowest BCUT2D eigenvalue weighted by molar-refractivity contribution is -0.185. The maximum atomic E-state index is 13.5. The molecule has 0 aliphatic carbocycles. The maximum Gasteiger partial charge on any atom is 0.246 e. The Morgan fingerprint density at radius 2 is 0.462 bits per heavy atom. The summed E-state index contributed by atoms with van der Waals surface area (Å²) in [5, 5.41) is 26.9. The third-order valence-corrected chi connectivity index (χ3v) is 13.6. The van der Waals surface area contributed by atoms with E-state index < -0.39 is 300 Å². The van der Waals surface area contributed by atoms with Gasteiger partial charge in [0.15, 0.2) is 5.78 Å². The number of amides is 12. The molecule has 0 saturated heterocycles. The van der Waals surface area contributed by atoms with Gasteiger partial charge < -0.3 is 135 Å². The van der Waals surface area contributed by atoms with Gasteiger partial charge in [0.1, 0.15) is 131 Å². The number of aldehydes is 7. The van der Waals surface area contributed by atoms with Gasteiger partial charge in [-0.2, -0.15) is 0 Å². The largest absolute Gasteiger partial charge is 0.355 e. The second kappa shape index (κ2) is 44.6. The van der Waals surface area contributed by atoms with E-state index in [0.717, 1.165) is 41.5 Å². The van der Waals surface area contributed by atoms with E-state index in [4.69, 9.17) is 47.5 Å². The Balaban J connectivity index is 7.68. The highest BCUT2D eigenvalue weighted by Gasteiger charge is 2.38. The topological polar surface area (TPSA) is 560 Å². The third kappa shape index (κ3) is 41.4. The van der Waals surface area contributed by atoms with Gasteiger partial charge in [0, 0.05) is 0 Å². The number of nitrogens with one attached hydrogen (secondary N) is 12. The molecule has 0 radical (unpaired) electrons. The summed E-state index contributed by atoms with van der Waals surface area (Å²) < 4.78 is 97.5. The van der Waals surface area contributed by atoms with E-state index in [1.165, 1.54) is 76.2 Å². The quantitative estimate of drug-likeness (QED) is 0.0154. The van der Waals surface area contributed by atoms with Gasteiger partial charge in [-0.1, -0.05) is 0 Å². The normalized spacial score (nSPS) is 14.7. The van der Waals surface area contributed by atoms with Crippen molar-refractivity contribution in [3.63, 3.8) is 0 Å². The molecule has 0 aromatic rings. The standard InChI is InChI=1S/C66H106N12O28/c1-41(86)65(16,17)74-49(90)21-45(57(98)78-64(14,15)32-85)70-53(94)25-102-40-106-36-66(33-103-37-99-22-50(91)67-42(54(95)75-61(8,9)29-82)18-46(87)71-58(2,3)26-79,34-104-38-100-23-51(92)68-43(55(96)76-62(10,11)30-83)19-47(88)72-59(4,5)27-80)35-105-39-101-24-52(93)69-44(56(97)77-63(12,13)31-84)20-48(89)73-60(6,7)28-81/h26-32,42-45H,18-25,33-40H2,1-17H3,(H,67,91)(H,68,92)(H,69,93)(H,70,94)(H,71,87)(H,72,88)(H,73,89)(H,74,90)(H,75,95)(H,76,96)(H,77,97)(H,78,98)/i26D,27D,28D,29D,30D,31D,32D. The van der Waals surface area contributed by atoms with Crippen LogP contribution in [0.2, 0.25) is 0 Å². The van der Waals surface area contributed by atoms with Gasteiger partial charge in [-0.3, -0.25) is 62.3 Å². The molecule has 40 nitrogen and oxygen atoms in total. The first-order valence-corrected chi connectivity index (χ1v) is 32.4. The number of hydrogen-bond acceptors (Lipinski definition) is 28. The van der Waals surface area contributed by atoms with Crippen molar-refractivity contribution >= 4 is 121 Å². The van der Waals surface area contributed by atoms with Crippen LogP contribution in [0.25, 0.3) is 0 Å². The van der Waals surface area contributed by atoms with Gasteiger partial charge in [-0.05, 0) is 118 Å². The Labute approximate surface area is 623 Å². The van der Waals surface area contributed by atoms with Crippen molar-refractivity contribution in [1.29, 1.82) is 0 Å². The Hall–Kier alpha value is -9.32. The number of ketones is 1. The van der Waals surface area contributed by atoms with Crippen LogP contribution in [0.3, 0.4) is 0 Å². The zero-order valence-electron chi connectivity index (χ0n) is 69.6. The minimum absolute atomic E-state index is 0.491. The van der Waals surface area contributed by atoms with Gasteiger partial charge in [0.25, 0.3) is 0 Å². The van der Waals surface area contributed by atoms with E-state index in [-0.39, 0.29) is 0 Å². The van der Waals surface area contributed by atoms with Crippen LogP contribution in [-0.2, 0) is 134 Å². The first kappa shape index (κ1) is 83.9. The molecule has 0 saturated carbocycles. The molecule has 0 heterocycles. The highest BCUT2D eigenvalue weighted by molar-refractivity contribution is 5.98. The van der Waals surface area contributed by atoms with E-state index >= 15 is 0 Å². The van der Waals surface area contributed by atoms with E-state index in [1.807, 2.05) is 0 Å². The van der Waals surface area contributed by atoms with Crippen LogP contribution in [0.4, 0.5) is 0 Å². The molecular formula is C66H106N12O28. The lowest BCUT2D eigenvalue weighted by atomic mass is 9.92. The van der Waals surface area contributed by atoms with Crippen molar-refractivity contribution in [3.05, 3.63) is 0 Å². The average Bonchev–Trinajstić information content (AvgIpc) is 0.851. The molecule has 12 N–H and O–H groups in total. The SMILES string of the molecule is [2H]C(=O)C(C)(C)NC(=O)CC(NC(=O)COCOCC(COCOCC(=O)NC(CC(=O)NC(C)(C)C([2H])=O)C(=O)NC(C)(C)C([2H])=O)(COCOCC(=O)NC(CC(=O)NC(C)(C)C([2H])=O)C(=O)NC(C)(C)C([2H])=O)COCOCC(=O)NC(CC(=O)NC(C)(C)C(C)=O)C(=O)NC(C)(C)C([2H])=O)C(=O)NC(C)(C)C([2H])=O. The molecule has 0 bridgehead atoms. The number of hydrogen-bond donors (Lipinski definition) is 12. The van der Waals surface area contributed by atoms with Crippen LogP contribution < -0.4 is 63.8 Å². The second-order valence-corrected chi connectivity index (χ2v) is 28.5. The molecule has 0 aromatic carbocycles. The van der Waals surface area contributed by atoms with Crippen molar-refractivity contribution in [1.82, 2.24) is 63.8 Å². The molecule has 12 amide bonds. The molecule has 598 valence electrons. The van der Waals surface area contributed by atoms with Crippen molar-refractivity contribution < 1.29 is 143 Å². The van der Waals surface area contributed by atoms with Crippen molar-refractivity contribution in [3.8, 4) is 0 Å². The predicted octanol–water partition coefficient (Wildman–Crippen LogP) is -5.43. The van der Waals surface area contributed by atoms with Gasteiger partial charge in [-0.25, -0.2) is 0 Å². The van der Waals surface area contributed by atoms with Gasteiger partial charge in [0.2, 0.25) is 70.9 Å². The van der Waals surface area contributed by atoms with Crippen LogP contribution in [-0.4, -0.2) is 269 Å². The molecule has 40 heteroatoms. The monoisotopic (exact) mass is 1520 g/mol. The fraction of sp³-hybridized carbons (Fsp3) is 0.697. The number of carbonyl (C=O) groups is 20. The molecule has 4 unspecified atom stereocenters. The highest BCUT2D eigenvalue weighted by atomic mass is 16.7. The Kier molecular flexibility index (Phi) is 35.3. The van der Waals surface area contributed by atoms with Crippen LogP contribution in [0.15, 0.2) is 0 Å². The molecule has 4 atom stereocenters. The zero-order valence-corrected chi connectivity index (χ0v) is 62.6. The van der Waals surface area contributed by atoms with Crippen molar-refractivity contribution in [2.75, 3.05) is 80.0 Å². The number of carbonyl (C=O) groups excluding carboxylic acids is 20. The number of ether oxygens (including phenoxy) is 8. The Morgan fingerprint density at radius 3 is 0.642 bits per heavy atom. The molecule has 0 aliphatic rings. The van der Waals surface area contributed by atoms with E-state index in [1.54, 1.807) is 0 Å². The van der Waals surface area contributed by atoms with Crippen molar-refractivity contribution in [2.24, 2.45) is 5.41 Å². The van der Waals surface area contributed by atoms with Crippen LogP contribution in [0, 0.1) is 5.41 Å². The molecule has 0 fully saturated rings. The highest BCUT2D eigenvalue weighted by Crippen LogP contribution is 2.22. The first-order valence-electron chi connectivity index (χ1n) is 35.9. The van der Waals surface area contributed by atoms with Gasteiger partial charge in [-0.15, -0.1) is 0 Å². The third-order valence-electron chi connectivity index (χ3n) is 13.6. The maximum absolute atomic E-state index is 13.5. The molecule has 106 heavy (non-hydrogen) atoms. The van der Waals surface area contributed by atoms with E-state index in [2.05, 4.69) is 63.8 Å². The molecule has 0 rings (SSSR count). The van der Waals surface area contributed by atoms with E-state index in [0.29, 0.717) is 0 Å². The molecule has 0 spiro atoms. The smallest absolute Gasteiger partial charge is 0.246 e. The minimum Gasteiger partial charge on any atom is -0.355 e. The summed E-state index contributed by atoms with van der Waals surface area (Å²) in [6.45, 7) is 9.81. The number of Topliss-reactive ketones (excluding diaryl/α,β-unsaturated/α-hetero) is 1. The summed E-state index contributed by atoms with van der Waals surface area (Å²) in [7, 11) is 0. The summed E-state index contributed by atoms with van der Waals surface area (Å²) in [4.78, 5) is 256. The lowest BCUT2D eigenvalue weighted by Gasteiger charge is -2.32. The van der Waals surface area contributed by atoms with Crippen molar-refractivity contribution in [2.45, 2.75) is 212 Å². The summed E-state index contributed by atoms with van der Waals surface area (Å²) in [5.41, 5.74) is -16.0. The lowest BCUT2D eigenvalue weighted by Crippen LogP contribution is -2.57. The second-order valence-electron chi connectivity index (χ2n) is 28.5. The van der Waals surface area contributed by atoms with Crippen LogP contribution in [0.1, 0.15) is 153 Å². The molecule has 0 aliphatic heterocycles. The van der Waals surface area contributed by atoms with Crippen LogP contribution in [0.5, 0.6) is 0 Å². The summed E-state index contributed by atoms with van der Waals surface area (Å²) >= 11 is 0. The van der Waals surface area contributed by atoms with E-state index in [9.17, 15) is 95.9 Å².